The zero-order valence-corrected chi connectivity index (χ0v) is 22.5. The molecule has 2 aliphatic rings. The van der Waals surface area contributed by atoms with Crippen molar-refractivity contribution in [3.05, 3.63) is 70.3 Å². The third-order valence-electron chi connectivity index (χ3n) is 6.37. The SMILES string of the molecule is CCOC(=O)C1=C(C(=O)OCC)C2(C(=Nc3ccc(Cl)cc3)c3ccccc3N2C)N(C(C)(C)C)C1=O. The van der Waals surface area contributed by atoms with Gasteiger partial charge in [0.1, 0.15) is 16.9 Å². The van der Waals surface area contributed by atoms with Crippen molar-refractivity contribution < 1.29 is 23.9 Å². The fourth-order valence-corrected chi connectivity index (χ4v) is 5.22. The van der Waals surface area contributed by atoms with Gasteiger partial charge in [0.25, 0.3) is 5.91 Å². The van der Waals surface area contributed by atoms with Gasteiger partial charge in [-0.15, -0.1) is 0 Å². The largest absolute Gasteiger partial charge is 0.462 e. The van der Waals surface area contributed by atoms with Gasteiger partial charge >= 0.3 is 11.9 Å². The van der Waals surface area contributed by atoms with Crippen molar-refractivity contribution in [3.8, 4) is 0 Å². The highest BCUT2D eigenvalue weighted by Gasteiger charge is 2.67. The number of ether oxygens (including phenoxy) is 2. The van der Waals surface area contributed by atoms with Gasteiger partial charge in [0.05, 0.1) is 18.9 Å². The number of nitrogens with zero attached hydrogens (tertiary/aromatic N) is 3. The molecule has 2 aromatic carbocycles. The lowest BCUT2D eigenvalue weighted by molar-refractivity contribution is -0.143. The topological polar surface area (TPSA) is 88.5 Å². The second kappa shape index (κ2) is 9.67. The van der Waals surface area contributed by atoms with Crippen LogP contribution in [0, 0.1) is 0 Å². The number of carbonyl (C=O) groups is 3. The number of carbonyl (C=O) groups excluding carboxylic acids is 3. The second-order valence-electron chi connectivity index (χ2n) is 9.69. The van der Waals surface area contributed by atoms with E-state index in [1.165, 1.54) is 4.90 Å². The van der Waals surface area contributed by atoms with E-state index >= 15 is 0 Å². The molecule has 4 rings (SSSR count). The smallest absolute Gasteiger partial charge is 0.344 e. The predicted octanol–water partition coefficient (Wildman–Crippen LogP) is 4.67. The van der Waals surface area contributed by atoms with Crippen molar-refractivity contribution in [2.75, 3.05) is 25.2 Å². The Balaban J connectivity index is 2.16. The molecule has 0 saturated carbocycles. The Bertz CT molecular complexity index is 1330. The number of esters is 2. The van der Waals surface area contributed by atoms with Crippen molar-refractivity contribution in [3.63, 3.8) is 0 Å². The molecule has 1 amide bonds. The number of fused-ring (bicyclic) bond motifs is 1. The summed E-state index contributed by atoms with van der Waals surface area (Å²) in [4.78, 5) is 49.5. The van der Waals surface area contributed by atoms with Gasteiger partial charge in [0.2, 0.25) is 0 Å². The van der Waals surface area contributed by atoms with Crippen LogP contribution in [0.5, 0.6) is 0 Å². The molecule has 2 heterocycles. The molecule has 0 aromatic heterocycles. The molecule has 2 aromatic rings. The van der Waals surface area contributed by atoms with Gasteiger partial charge in [0, 0.05) is 28.9 Å². The lowest BCUT2D eigenvalue weighted by atomic mass is 9.88. The zero-order chi connectivity index (χ0) is 27.1. The van der Waals surface area contributed by atoms with Gasteiger partial charge in [-0.05, 0) is 65.0 Å². The highest BCUT2D eigenvalue weighted by atomic mass is 35.5. The Morgan fingerprint density at radius 2 is 1.57 bits per heavy atom. The number of amides is 1. The standard InChI is InChI=1S/C28H30ClN3O5/c1-7-36-25(34)21-22(26(35)37-8-2)28(32(24(21)33)27(3,4)5)23(30-18-15-13-17(29)14-16-18)19-11-9-10-12-20(19)31(28)6/h9-16H,7-8H2,1-6H3. The van der Waals surface area contributed by atoms with Crippen LogP contribution in [0.4, 0.5) is 11.4 Å². The third kappa shape index (κ3) is 4.09. The minimum Gasteiger partial charge on any atom is -0.462 e. The molecule has 0 aliphatic carbocycles. The quantitative estimate of drug-likeness (QED) is 0.418. The van der Waals surface area contributed by atoms with Gasteiger partial charge in [-0.2, -0.15) is 0 Å². The lowest BCUT2D eigenvalue weighted by Gasteiger charge is -2.49. The number of rotatable bonds is 5. The van der Waals surface area contributed by atoms with Crippen molar-refractivity contribution in [1.82, 2.24) is 4.90 Å². The molecule has 1 unspecified atom stereocenters. The van der Waals surface area contributed by atoms with E-state index in [1.54, 1.807) is 45.2 Å². The van der Waals surface area contributed by atoms with Gasteiger partial charge < -0.3 is 19.3 Å². The molecule has 0 saturated heterocycles. The Labute approximate surface area is 221 Å². The van der Waals surface area contributed by atoms with E-state index in [1.807, 2.05) is 49.9 Å². The van der Waals surface area contributed by atoms with Gasteiger partial charge in [-0.3, -0.25) is 4.79 Å². The third-order valence-corrected chi connectivity index (χ3v) is 6.62. The molecule has 9 heteroatoms. The summed E-state index contributed by atoms with van der Waals surface area (Å²) in [5.41, 5.74) is -0.444. The van der Waals surface area contributed by atoms with Crippen molar-refractivity contribution in [1.29, 1.82) is 0 Å². The summed E-state index contributed by atoms with van der Waals surface area (Å²) in [6, 6.07) is 14.4. The molecular formula is C28H30ClN3O5. The van der Waals surface area contributed by atoms with Crippen LogP contribution in [0.15, 0.2) is 64.7 Å². The minimum absolute atomic E-state index is 0.0377. The van der Waals surface area contributed by atoms with E-state index in [4.69, 9.17) is 26.1 Å². The Morgan fingerprint density at radius 1 is 0.973 bits per heavy atom. The van der Waals surface area contributed by atoms with Crippen molar-refractivity contribution >= 4 is 46.5 Å². The Morgan fingerprint density at radius 3 is 2.16 bits per heavy atom. The maximum absolute atomic E-state index is 14.1. The van der Waals surface area contributed by atoms with Crippen LogP contribution in [0.1, 0.15) is 40.2 Å². The number of para-hydroxylation sites is 1. The van der Waals surface area contributed by atoms with E-state index < -0.39 is 29.0 Å². The first-order valence-corrected chi connectivity index (χ1v) is 12.5. The minimum atomic E-state index is -1.58. The first-order chi connectivity index (χ1) is 17.5. The molecule has 0 N–H and O–H groups in total. The molecule has 0 bridgehead atoms. The van der Waals surface area contributed by atoms with E-state index in [0.29, 0.717) is 22.0 Å². The molecular weight excluding hydrogens is 494 g/mol. The molecule has 194 valence electrons. The number of halogens is 1. The molecule has 0 fully saturated rings. The highest BCUT2D eigenvalue weighted by Crippen LogP contribution is 2.52. The van der Waals surface area contributed by atoms with Gasteiger partial charge in [-0.1, -0.05) is 29.8 Å². The molecule has 8 nitrogen and oxygen atoms in total. The maximum atomic E-state index is 14.1. The van der Waals surface area contributed by atoms with Crippen LogP contribution < -0.4 is 4.90 Å². The van der Waals surface area contributed by atoms with E-state index in [-0.39, 0.29) is 24.4 Å². The molecule has 1 atom stereocenters. The summed E-state index contributed by atoms with van der Waals surface area (Å²) >= 11 is 6.11. The molecule has 1 spiro atoms. The van der Waals surface area contributed by atoms with Gasteiger partial charge in [-0.25, -0.2) is 14.6 Å². The number of hydrogen-bond donors (Lipinski definition) is 0. The fourth-order valence-electron chi connectivity index (χ4n) is 5.09. The average Bonchev–Trinajstić information content (AvgIpc) is 3.25. The summed E-state index contributed by atoms with van der Waals surface area (Å²) in [6.07, 6.45) is 0. The number of benzene rings is 2. The van der Waals surface area contributed by atoms with Crippen LogP contribution in [0.2, 0.25) is 5.02 Å². The number of anilines is 1. The second-order valence-corrected chi connectivity index (χ2v) is 10.1. The van der Waals surface area contributed by atoms with Crippen LogP contribution in [-0.2, 0) is 23.9 Å². The Kier molecular flexibility index (Phi) is 6.90. The van der Waals surface area contributed by atoms with E-state index in [9.17, 15) is 14.4 Å². The van der Waals surface area contributed by atoms with Crippen LogP contribution in [0.3, 0.4) is 0 Å². The maximum Gasteiger partial charge on any atom is 0.344 e. The van der Waals surface area contributed by atoms with Crippen LogP contribution >= 0.6 is 11.6 Å². The highest BCUT2D eigenvalue weighted by molar-refractivity contribution is 6.33. The number of aliphatic imine (C=N–C) groups is 1. The summed E-state index contributed by atoms with van der Waals surface area (Å²) in [5.74, 6) is -2.29. The summed E-state index contributed by atoms with van der Waals surface area (Å²) in [5, 5.41) is 0.548. The Hall–Kier alpha value is -3.65. The van der Waals surface area contributed by atoms with Crippen LogP contribution in [-0.4, -0.2) is 59.9 Å². The lowest BCUT2D eigenvalue weighted by Crippen LogP contribution is -2.67. The predicted molar refractivity (Wildman–Crippen MR) is 142 cm³/mol. The number of likely N-dealkylation sites (N-methyl/N-ethyl adjacent to an activating group) is 1. The fraction of sp³-hybridized carbons (Fsp3) is 0.357. The summed E-state index contributed by atoms with van der Waals surface area (Å²) in [7, 11) is 1.78. The first kappa shape index (κ1) is 26.4. The van der Waals surface area contributed by atoms with E-state index in [2.05, 4.69) is 0 Å². The van der Waals surface area contributed by atoms with Gasteiger partial charge in [0.15, 0.2) is 5.66 Å². The normalized spacial score (nSPS) is 20.2. The average molecular weight is 524 g/mol. The summed E-state index contributed by atoms with van der Waals surface area (Å²) in [6.45, 7) is 8.95. The van der Waals surface area contributed by atoms with Crippen molar-refractivity contribution in [2.24, 2.45) is 4.99 Å². The summed E-state index contributed by atoms with van der Waals surface area (Å²) < 4.78 is 10.7. The molecule has 0 radical (unpaired) electrons. The van der Waals surface area contributed by atoms with E-state index in [0.717, 1.165) is 5.69 Å². The number of hydrogen-bond acceptors (Lipinski definition) is 7. The van der Waals surface area contributed by atoms with Crippen molar-refractivity contribution in [2.45, 2.75) is 45.8 Å². The molecule has 2 aliphatic heterocycles. The molecule has 37 heavy (non-hydrogen) atoms. The van der Waals surface area contributed by atoms with Crippen LogP contribution in [0.25, 0.3) is 0 Å². The zero-order valence-electron chi connectivity index (χ0n) is 21.8. The monoisotopic (exact) mass is 523 g/mol. The first-order valence-electron chi connectivity index (χ1n) is 12.1.